The van der Waals surface area contributed by atoms with Crippen molar-refractivity contribution < 1.29 is 19.1 Å². The van der Waals surface area contributed by atoms with E-state index in [2.05, 4.69) is 5.32 Å². The van der Waals surface area contributed by atoms with Crippen molar-refractivity contribution in [1.29, 1.82) is 0 Å². The second kappa shape index (κ2) is 4.89. The first-order chi connectivity index (χ1) is 9.58. The molecule has 2 N–H and O–H groups in total. The molecular formula is C15H16FNO3. The summed E-state index contributed by atoms with van der Waals surface area (Å²) in [5.41, 5.74) is 1.49. The van der Waals surface area contributed by atoms with E-state index in [1.807, 2.05) is 6.07 Å². The molecule has 1 amide bonds. The van der Waals surface area contributed by atoms with Gasteiger partial charge < -0.3 is 10.4 Å². The highest BCUT2D eigenvalue weighted by molar-refractivity contribution is 5.86. The Labute approximate surface area is 116 Å². The Morgan fingerprint density at radius 1 is 1.20 bits per heavy atom. The van der Waals surface area contributed by atoms with Gasteiger partial charge in [0.2, 0.25) is 5.91 Å². The number of benzene rings is 1. The Hall–Kier alpha value is -1.91. The van der Waals surface area contributed by atoms with Crippen molar-refractivity contribution in [1.82, 2.24) is 5.32 Å². The predicted molar refractivity (Wildman–Crippen MR) is 69.5 cm³/mol. The topological polar surface area (TPSA) is 66.4 Å². The molecule has 106 valence electrons. The SMILES string of the molecule is O=C(O)C1CCC1C(=O)NC1CCc2c(F)cccc21. The summed E-state index contributed by atoms with van der Waals surface area (Å²) in [7, 11) is 0. The quantitative estimate of drug-likeness (QED) is 0.888. The molecule has 1 saturated carbocycles. The molecule has 3 rings (SSSR count). The Morgan fingerprint density at radius 3 is 2.60 bits per heavy atom. The average Bonchev–Trinajstić information content (AvgIpc) is 2.71. The van der Waals surface area contributed by atoms with E-state index < -0.39 is 17.8 Å². The van der Waals surface area contributed by atoms with E-state index in [4.69, 9.17) is 5.11 Å². The molecule has 1 fully saturated rings. The molecular weight excluding hydrogens is 261 g/mol. The van der Waals surface area contributed by atoms with Gasteiger partial charge in [0.1, 0.15) is 5.82 Å². The van der Waals surface area contributed by atoms with E-state index in [9.17, 15) is 14.0 Å². The monoisotopic (exact) mass is 277 g/mol. The molecule has 3 unspecified atom stereocenters. The van der Waals surface area contributed by atoms with Crippen molar-refractivity contribution in [2.24, 2.45) is 11.8 Å². The smallest absolute Gasteiger partial charge is 0.307 e. The zero-order chi connectivity index (χ0) is 14.3. The van der Waals surface area contributed by atoms with Crippen LogP contribution in [0.15, 0.2) is 18.2 Å². The number of carboxylic acid groups (broad SMARTS) is 1. The minimum Gasteiger partial charge on any atom is -0.481 e. The number of rotatable bonds is 3. The van der Waals surface area contributed by atoms with Gasteiger partial charge in [0.15, 0.2) is 0 Å². The summed E-state index contributed by atoms with van der Waals surface area (Å²) in [6.07, 6.45) is 2.46. The van der Waals surface area contributed by atoms with Gasteiger partial charge in [-0.3, -0.25) is 9.59 Å². The minimum absolute atomic E-state index is 0.191. The summed E-state index contributed by atoms with van der Waals surface area (Å²) < 4.78 is 13.6. The third kappa shape index (κ3) is 2.07. The van der Waals surface area contributed by atoms with Crippen molar-refractivity contribution >= 4 is 11.9 Å². The molecule has 0 bridgehead atoms. The van der Waals surface area contributed by atoms with Crippen LogP contribution in [0.25, 0.3) is 0 Å². The van der Waals surface area contributed by atoms with Gasteiger partial charge >= 0.3 is 5.97 Å². The number of hydrogen-bond donors (Lipinski definition) is 2. The molecule has 1 aromatic carbocycles. The average molecular weight is 277 g/mol. The van der Waals surface area contributed by atoms with Crippen LogP contribution >= 0.6 is 0 Å². The fourth-order valence-corrected chi connectivity index (χ4v) is 3.15. The molecule has 5 heteroatoms. The zero-order valence-corrected chi connectivity index (χ0v) is 10.9. The summed E-state index contributed by atoms with van der Waals surface area (Å²) in [6, 6.07) is 4.70. The van der Waals surface area contributed by atoms with Crippen LogP contribution in [0, 0.1) is 17.7 Å². The molecule has 2 aliphatic rings. The first-order valence-corrected chi connectivity index (χ1v) is 6.88. The van der Waals surface area contributed by atoms with Gasteiger partial charge in [0, 0.05) is 0 Å². The Balaban J connectivity index is 1.70. The largest absolute Gasteiger partial charge is 0.481 e. The fourth-order valence-electron chi connectivity index (χ4n) is 3.15. The van der Waals surface area contributed by atoms with Crippen molar-refractivity contribution in [2.45, 2.75) is 31.7 Å². The molecule has 3 atom stereocenters. The van der Waals surface area contributed by atoms with Crippen LogP contribution in [0.5, 0.6) is 0 Å². The van der Waals surface area contributed by atoms with Crippen LogP contribution in [0.4, 0.5) is 4.39 Å². The van der Waals surface area contributed by atoms with Crippen LogP contribution < -0.4 is 5.32 Å². The van der Waals surface area contributed by atoms with E-state index in [1.54, 1.807) is 6.07 Å². The molecule has 0 heterocycles. The van der Waals surface area contributed by atoms with Crippen LogP contribution in [-0.2, 0) is 16.0 Å². The Kier molecular flexibility index (Phi) is 3.20. The maximum atomic E-state index is 13.6. The lowest BCUT2D eigenvalue weighted by molar-refractivity contribution is -0.153. The van der Waals surface area contributed by atoms with Crippen molar-refractivity contribution in [2.75, 3.05) is 0 Å². The fraction of sp³-hybridized carbons (Fsp3) is 0.467. The Bertz CT molecular complexity index is 572. The van der Waals surface area contributed by atoms with Crippen molar-refractivity contribution in [3.63, 3.8) is 0 Å². The molecule has 0 radical (unpaired) electrons. The summed E-state index contributed by atoms with van der Waals surface area (Å²) in [5.74, 6) is -2.36. The standard InChI is InChI=1S/C15H16FNO3/c16-12-3-1-2-9-8(12)6-7-13(9)17-14(18)10-4-5-11(10)15(19)20/h1-3,10-11,13H,4-7H2,(H,17,18)(H,19,20). The Morgan fingerprint density at radius 2 is 1.95 bits per heavy atom. The predicted octanol–water partition coefficient (Wildman–Crippen LogP) is 2.04. The van der Waals surface area contributed by atoms with Crippen LogP contribution in [0.3, 0.4) is 0 Å². The highest BCUT2D eigenvalue weighted by atomic mass is 19.1. The number of carboxylic acids is 1. The van der Waals surface area contributed by atoms with Crippen LogP contribution in [0.2, 0.25) is 0 Å². The first kappa shape index (κ1) is 13.1. The van der Waals surface area contributed by atoms with Gasteiger partial charge in [-0.15, -0.1) is 0 Å². The minimum atomic E-state index is -0.908. The lowest BCUT2D eigenvalue weighted by Crippen LogP contribution is -2.44. The normalized spacial score (nSPS) is 27.6. The van der Waals surface area contributed by atoms with Gasteiger partial charge in [-0.1, -0.05) is 12.1 Å². The summed E-state index contributed by atoms with van der Waals surface area (Å²) >= 11 is 0. The second-order valence-electron chi connectivity index (χ2n) is 5.54. The third-order valence-corrected chi connectivity index (χ3v) is 4.46. The van der Waals surface area contributed by atoms with Gasteiger partial charge in [-0.05, 0) is 42.9 Å². The molecule has 2 aliphatic carbocycles. The number of hydrogen-bond acceptors (Lipinski definition) is 2. The maximum absolute atomic E-state index is 13.6. The molecule has 0 aromatic heterocycles. The maximum Gasteiger partial charge on any atom is 0.307 e. The molecule has 4 nitrogen and oxygen atoms in total. The zero-order valence-electron chi connectivity index (χ0n) is 10.9. The number of nitrogens with one attached hydrogen (secondary N) is 1. The van der Waals surface area contributed by atoms with Crippen molar-refractivity contribution in [3.05, 3.63) is 35.1 Å². The van der Waals surface area contributed by atoms with Crippen molar-refractivity contribution in [3.8, 4) is 0 Å². The van der Waals surface area contributed by atoms with Gasteiger partial charge in [0.05, 0.1) is 17.9 Å². The summed E-state index contributed by atoms with van der Waals surface area (Å²) in [5, 5.41) is 11.9. The summed E-state index contributed by atoms with van der Waals surface area (Å²) in [4.78, 5) is 23.1. The number of amides is 1. The number of halogens is 1. The highest BCUT2D eigenvalue weighted by Gasteiger charge is 2.42. The van der Waals surface area contributed by atoms with Crippen LogP contribution in [-0.4, -0.2) is 17.0 Å². The third-order valence-electron chi connectivity index (χ3n) is 4.46. The second-order valence-corrected chi connectivity index (χ2v) is 5.54. The highest BCUT2D eigenvalue weighted by Crippen LogP contribution is 2.37. The number of carbonyl (C=O) groups is 2. The van der Waals surface area contributed by atoms with E-state index in [0.717, 1.165) is 5.56 Å². The first-order valence-electron chi connectivity index (χ1n) is 6.88. The molecule has 1 aromatic rings. The summed E-state index contributed by atoms with van der Waals surface area (Å²) in [6.45, 7) is 0. The number of carbonyl (C=O) groups excluding carboxylic acids is 1. The molecule has 0 aliphatic heterocycles. The van der Waals surface area contributed by atoms with E-state index in [0.29, 0.717) is 31.2 Å². The lowest BCUT2D eigenvalue weighted by atomic mass is 9.73. The molecule has 0 spiro atoms. The van der Waals surface area contributed by atoms with Crippen LogP contribution in [0.1, 0.15) is 36.4 Å². The van der Waals surface area contributed by atoms with Gasteiger partial charge in [0.25, 0.3) is 0 Å². The molecule has 0 saturated heterocycles. The molecule has 20 heavy (non-hydrogen) atoms. The van der Waals surface area contributed by atoms with Gasteiger partial charge in [-0.2, -0.15) is 0 Å². The number of fused-ring (bicyclic) bond motifs is 1. The van der Waals surface area contributed by atoms with E-state index >= 15 is 0 Å². The lowest BCUT2D eigenvalue weighted by Gasteiger charge is -2.33. The van der Waals surface area contributed by atoms with E-state index in [-0.39, 0.29) is 17.8 Å². The number of aliphatic carboxylic acids is 1. The van der Waals surface area contributed by atoms with Gasteiger partial charge in [-0.25, -0.2) is 4.39 Å². The van der Waals surface area contributed by atoms with E-state index in [1.165, 1.54) is 6.07 Å².